The molecule has 0 aliphatic carbocycles. The standard InChI is InChI=1S/C9H9BrFN.C9H18O/c1-3-12-9-5-7(10)4-8(11)6(9)2;1-3-8(2)9-5-4-6-10-7-9/h3-5H,1-2H3;8-9H,3-7H2,1-2H3. The van der Waals surface area contributed by atoms with Gasteiger partial charge in [0.15, 0.2) is 0 Å². The van der Waals surface area contributed by atoms with E-state index in [0.29, 0.717) is 15.7 Å². The van der Waals surface area contributed by atoms with Gasteiger partial charge in [0, 0.05) is 29.5 Å². The molecule has 1 heterocycles. The second-order valence-corrected chi connectivity index (χ2v) is 6.70. The van der Waals surface area contributed by atoms with E-state index in [1.807, 2.05) is 0 Å². The molecule has 22 heavy (non-hydrogen) atoms. The van der Waals surface area contributed by atoms with Crippen LogP contribution < -0.4 is 0 Å². The molecule has 2 rings (SSSR count). The summed E-state index contributed by atoms with van der Waals surface area (Å²) in [6.07, 6.45) is 5.60. The van der Waals surface area contributed by atoms with Gasteiger partial charge in [-0.25, -0.2) is 4.39 Å². The van der Waals surface area contributed by atoms with Gasteiger partial charge in [-0.1, -0.05) is 36.2 Å². The minimum atomic E-state index is -0.232. The van der Waals surface area contributed by atoms with Crippen LogP contribution in [0, 0.1) is 24.6 Å². The first kappa shape index (κ1) is 19.3. The van der Waals surface area contributed by atoms with Crippen LogP contribution in [0.25, 0.3) is 0 Å². The maximum Gasteiger partial charge on any atom is 0.129 e. The van der Waals surface area contributed by atoms with Gasteiger partial charge in [-0.2, -0.15) is 0 Å². The predicted octanol–water partition coefficient (Wildman–Crippen LogP) is 6.08. The number of halogens is 2. The first-order valence-corrected chi connectivity index (χ1v) is 8.80. The summed E-state index contributed by atoms with van der Waals surface area (Å²) in [5.74, 6) is 1.48. The Balaban J connectivity index is 0.000000224. The van der Waals surface area contributed by atoms with E-state index in [1.54, 1.807) is 26.1 Å². The van der Waals surface area contributed by atoms with E-state index in [0.717, 1.165) is 25.0 Å². The summed E-state index contributed by atoms with van der Waals surface area (Å²) in [5, 5.41) is 0. The fourth-order valence-corrected chi connectivity index (χ4v) is 2.87. The Morgan fingerprint density at radius 1 is 1.50 bits per heavy atom. The lowest BCUT2D eigenvalue weighted by Crippen LogP contribution is -2.22. The van der Waals surface area contributed by atoms with Crippen LogP contribution in [0.3, 0.4) is 0 Å². The third-order valence-corrected chi connectivity index (χ3v) is 4.65. The van der Waals surface area contributed by atoms with E-state index in [1.165, 1.54) is 25.3 Å². The molecule has 1 aliphatic heterocycles. The highest BCUT2D eigenvalue weighted by Gasteiger charge is 2.18. The maximum atomic E-state index is 13.1. The van der Waals surface area contributed by atoms with Gasteiger partial charge in [-0.05, 0) is 50.7 Å². The van der Waals surface area contributed by atoms with E-state index < -0.39 is 0 Å². The highest BCUT2D eigenvalue weighted by Crippen LogP contribution is 2.26. The van der Waals surface area contributed by atoms with E-state index in [4.69, 9.17) is 4.74 Å². The van der Waals surface area contributed by atoms with Gasteiger partial charge in [-0.15, -0.1) is 0 Å². The molecule has 0 N–H and O–H groups in total. The van der Waals surface area contributed by atoms with Crippen molar-refractivity contribution in [2.24, 2.45) is 16.8 Å². The number of benzene rings is 1. The molecule has 1 aromatic carbocycles. The Bertz CT molecular complexity index is 484. The fourth-order valence-electron chi connectivity index (χ4n) is 2.45. The van der Waals surface area contributed by atoms with Crippen molar-refractivity contribution in [1.82, 2.24) is 0 Å². The lowest BCUT2D eigenvalue weighted by atomic mass is 9.88. The van der Waals surface area contributed by atoms with Crippen molar-refractivity contribution in [2.45, 2.75) is 47.0 Å². The summed E-state index contributed by atoms with van der Waals surface area (Å²) in [4.78, 5) is 4.03. The zero-order chi connectivity index (χ0) is 16.5. The molecule has 0 radical (unpaired) electrons. The average Bonchev–Trinajstić information content (AvgIpc) is 2.53. The number of rotatable bonds is 3. The second-order valence-electron chi connectivity index (χ2n) is 5.78. The van der Waals surface area contributed by atoms with Gasteiger partial charge in [0.1, 0.15) is 5.82 Å². The molecule has 0 amide bonds. The number of ether oxygens (including phenoxy) is 1. The smallest absolute Gasteiger partial charge is 0.129 e. The Hall–Kier alpha value is -0.740. The van der Waals surface area contributed by atoms with Crippen molar-refractivity contribution in [3.63, 3.8) is 0 Å². The topological polar surface area (TPSA) is 21.6 Å². The van der Waals surface area contributed by atoms with Gasteiger partial charge >= 0.3 is 0 Å². The summed E-state index contributed by atoms with van der Waals surface area (Å²) in [6.45, 7) is 10.1. The normalized spacial score (nSPS) is 19.6. The van der Waals surface area contributed by atoms with Gasteiger partial charge < -0.3 is 4.74 Å². The van der Waals surface area contributed by atoms with Crippen LogP contribution in [0.15, 0.2) is 21.6 Å². The molecular weight excluding hydrogens is 345 g/mol. The molecule has 4 heteroatoms. The minimum Gasteiger partial charge on any atom is -0.381 e. The molecule has 1 aromatic rings. The van der Waals surface area contributed by atoms with E-state index in [2.05, 4.69) is 34.8 Å². The predicted molar refractivity (Wildman–Crippen MR) is 95.7 cm³/mol. The molecule has 2 atom stereocenters. The largest absolute Gasteiger partial charge is 0.381 e. The van der Waals surface area contributed by atoms with Crippen LogP contribution >= 0.6 is 15.9 Å². The monoisotopic (exact) mass is 371 g/mol. The third kappa shape index (κ3) is 6.17. The Morgan fingerprint density at radius 2 is 2.23 bits per heavy atom. The number of hydrogen-bond donors (Lipinski definition) is 0. The SMILES string of the molecule is CC=Nc1cc(Br)cc(F)c1C.CCC(C)C1CCCOC1. The molecule has 1 aliphatic rings. The molecule has 1 fully saturated rings. The molecule has 2 nitrogen and oxygen atoms in total. The van der Waals surface area contributed by atoms with E-state index in [9.17, 15) is 4.39 Å². The van der Waals surface area contributed by atoms with Gasteiger partial charge in [0.05, 0.1) is 5.69 Å². The molecule has 0 spiro atoms. The highest BCUT2D eigenvalue weighted by atomic mass is 79.9. The molecule has 0 aromatic heterocycles. The zero-order valence-electron chi connectivity index (χ0n) is 14.0. The Morgan fingerprint density at radius 3 is 2.77 bits per heavy atom. The van der Waals surface area contributed by atoms with Crippen molar-refractivity contribution in [3.05, 3.63) is 28.0 Å². The van der Waals surface area contributed by atoms with Gasteiger partial charge in [0.25, 0.3) is 0 Å². The van der Waals surface area contributed by atoms with Crippen LogP contribution in [0.5, 0.6) is 0 Å². The summed E-state index contributed by atoms with van der Waals surface area (Å²) in [6, 6.07) is 3.22. The summed E-state index contributed by atoms with van der Waals surface area (Å²) in [7, 11) is 0. The summed E-state index contributed by atoms with van der Waals surface area (Å²) >= 11 is 3.20. The summed E-state index contributed by atoms with van der Waals surface area (Å²) in [5.41, 5.74) is 1.25. The lowest BCUT2D eigenvalue weighted by molar-refractivity contribution is 0.0333. The molecule has 124 valence electrons. The maximum absolute atomic E-state index is 13.1. The van der Waals surface area contributed by atoms with Crippen molar-refractivity contribution in [3.8, 4) is 0 Å². The summed E-state index contributed by atoms with van der Waals surface area (Å²) < 4.78 is 19.2. The minimum absolute atomic E-state index is 0.232. The zero-order valence-corrected chi connectivity index (χ0v) is 15.6. The molecule has 0 saturated carbocycles. The molecule has 0 bridgehead atoms. The highest BCUT2D eigenvalue weighted by molar-refractivity contribution is 9.10. The Kier molecular flexibility index (Phi) is 8.88. The third-order valence-electron chi connectivity index (χ3n) is 4.19. The molecule has 2 unspecified atom stereocenters. The average molecular weight is 372 g/mol. The molecular formula is C18H27BrFNO. The van der Waals surface area contributed by atoms with E-state index >= 15 is 0 Å². The van der Waals surface area contributed by atoms with Crippen molar-refractivity contribution >= 4 is 27.8 Å². The first-order valence-electron chi connectivity index (χ1n) is 8.01. The quantitative estimate of drug-likeness (QED) is 0.590. The number of nitrogens with zero attached hydrogens (tertiary/aromatic N) is 1. The van der Waals surface area contributed by atoms with Crippen LogP contribution in [0.1, 0.15) is 45.6 Å². The Labute approximate surface area is 142 Å². The van der Waals surface area contributed by atoms with Crippen molar-refractivity contribution in [1.29, 1.82) is 0 Å². The molecule has 1 saturated heterocycles. The van der Waals surface area contributed by atoms with Crippen LogP contribution in [-0.4, -0.2) is 19.4 Å². The van der Waals surface area contributed by atoms with Gasteiger partial charge in [0.2, 0.25) is 0 Å². The van der Waals surface area contributed by atoms with Crippen LogP contribution in [-0.2, 0) is 4.74 Å². The van der Waals surface area contributed by atoms with Crippen LogP contribution in [0.2, 0.25) is 0 Å². The van der Waals surface area contributed by atoms with E-state index in [-0.39, 0.29) is 5.82 Å². The van der Waals surface area contributed by atoms with Crippen molar-refractivity contribution in [2.75, 3.05) is 13.2 Å². The van der Waals surface area contributed by atoms with Crippen molar-refractivity contribution < 1.29 is 9.13 Å². The first-order chi connectivity index (χ1) is 10.5. The number of aliphatic imine (C=N–C) groups is 1. The van der Waals surface area contributed by atoms with Gasteiger partial charge in [-0.3, -0.25) is 4.99 Å². The second kappa shape index (κ2) is 10.1. The lowest BCUT2D eigenvalue weighted by Gasteiger charge is -2.26. The van der Waals surface area contributed by atoms with Crippen LogP contribution in [0.4, 0.5) is 10.1 Å². The fraction of sp³-hybridized carbons (Fsp3) is 0.611. The number of hydrogen-bond acceptors (Lipinski definition) is 2.